The molecule has 0 bridgehead atoms. The predicted molar refractivity (Wildman–Crippen MR) is 275 cm³/mol. The van der Waals surface area contributed by atoms with Crippen molar-refractivity contribution in [1.82, 2.24) is 0 Å². The van der Waals surface area contributed by atoms with Crippen LogP contribution in [0.1, 0.15) is 284 Å². The van der Waals surface area contributed by atoms with Crippen LogP contribution in [0.5, 0.6) is 0 Å². The van der Waals surface area contributed by atoms with Gasteiger partial charge in [0.15, 0.2) is 12.4 Å². The van der Waals surface area contributed by atoms with E-state index in [2.05, 4.69) is 26.0 Å². The quantitative estimate of drug-likeness (QED) is 0.0263. The van der Waals surface area contributed by atoms with E-state index in [0.29, 0.717) is 6.42 Å². The minimum absolute atomic E-state index is 0.211. The normalized spacial score (nSPS) is 19.0. The largest absolute Gasteiger partial charge is 0.462 e. The van der Waals surface area contributed by atoms with Crippen LogP contribution >= 0.6 is 0 Å². The first-order chi connectivity index (χ1) is 32.8. The van der Waals surface area contributed by atoms with Gasteiger partial charge >= 0.3 is 11.9 Å². The molecular weight excluding hydrogens is 845 g/mol. The zero-order valence-electron chi connectivity index (χ0n) is 43.7. The lowest BCUT2D eigenvalue weighted by Crippen LogP contribution is -2.59. The molecule has 1 rings (SSSR count). The molecule has 10 nitrogen and oxygen atoms in total. The second kappa shape index (κ2) is 48.1. The summed E-state index contributed by atoms with van der Waals surface area (Å²) in [6.45, 7) is 3.48. The molecule has 0 saturated carbocycles. The maximum atomic E-state index is 12.9. The number of esters is 2. The topological polar surface area (TPSA) is 152 Å². The van der Waals surface area contributed by atoms with Crippen LogP contribution in [-0.2, 0) is 28.5 Å². The molecule has 0 spiro atoms. The van der Waals surface area contributed by atoms with Crippen LogP contribution < -0.4 is 0 Å². The molecule has 0 aromatic rings. The van der Waals surface area contributed by atoms with Crippen LogP contribution in [0.25, 0.3) is 0 Å². The van der Waals surface area contributed by atoms with Gasteiger partial charge in [0, 0.05) is 12.8 Å². The Labute approximate surface area is 411 Å². The highest BCUT2D eigenvalue weighted by molar-refractivity contribution is 5.70. The Hall–Kier alpha value is -1.56. The number of carbonyl (C=O) groups excluding carboxylic acids is 2. The van der Waals surface area contributed by atoms with Gasteiger partial charge in [0.05, 0.1) is 13.2 Å². The van der Waals surface area contributed by atoms with Crippen molar-refractivity contribution >= 4 is 11.9 Å². The van der Waals surface area contributed by atoms with E-state index in [1.54, 1.807) is 0 Å². The number of aliphatic hydroxyl groups excluding tert-OH is 4. The van der Waals surface area contributed by atoms with Gasteiger partial charge in [-0.05, 0) is 38.5 Å². The lowest BCUT2D eigenvalue weighted by Gasteiger charge is -2.39. The van der Waals surface area contributed by atoms with E-state index in [-0.39, 0.29) is 32.0 Å². The van der Waals surface area contributed by atoms with E-state index >= 15 is 0 Å². The van der Waals surface area contributed by atoms with Crippen molar-refractivity contribution in [3.05, 3.63) is 12.2 Å². The van der Waals surface area contributed by atoms with Crippen LogP contribution in [-0.4, -0.2) is 89.0 Å². The number of hydrogen-bond donors (Lipinski definition) is 4. The summed E-state index contributed by atoms with van der Waals surface area (Å²) in [5.41, 5.74) is 0. The molecule has 0 aromatic heterocycles. The lowest BCUT2D eigenvalue weighted by molar-refractivity contribution is -0.305. The molecule has 0 amide bonds. The van der Waals surface area contributed by atoms with Gasteiger partial charge in [0.25, 0.3) is 0 Å². The number of carbonyl (C=O) groups is 2. The number of hydrogen-bond acceptors (Lipinski definition) is 10. The van der Waals surface area contributed by atoms with E-state index in [1.807, 2.05) is 0 Å². The summed E-state index contributed by atoms with van der Waals surface area (Å²) >= 11 is 0. The molecule has 6 atom stereocenters. The van der Waals surface area contributed by atoms with E-state index in [9.17, 15) is 30.0 Å². The smallest absolute Gasteiger partial charge is 0.306 e. The minimum atomic E-state index is -1.59. The minimum Gasteiger partial charge on any atom is -0.462 e. The van der Waals surface area contributed by atoms with Gasteiger partial charge in [-0.3, -0.25) is 9.59 Å². The van der Waals surface area contributed by atoms with Crippen molar-refractivity contribution in [2.75, 3.05) is 19.8 Å². The van der Waals surface area contributed by atoms with Crippen LogP contribution in [0, 0.1) is 0 Å². The monoisotopic (exact) mass is 953 g/mol. The highest BCUT2D eigenvalue weighted by Crippen LogP contribution is 2.23. The average Bonchev–Trinajstić information content (AvgIpc) is 3.33. The standard InChI is InChI=1S/C57H108O10/c1-3-5-7-9-11-13-15-17-19-21-23-25-27-29-31-33-35-37-39-41-43-45-52(59)64-48-50(49-65-57-56(63)55(62)54(61)51(47-58)67-57)66-53(60)46-44-42-40-38-36-34-32-30-28-26-24-22-20-18-16-14-12-10-8-6-4-2/h18,20,50-51,54-58,61-63H,3-17,19,21-49H2,1-2H3/b20-18+/t50-,51-,54+,55?,56?,57-/m0/s1. The van der Waals surface area contributed by atoms with Crippen LogP contribution in [0.4, 0.5) is 0 Å². The number of aliphatic hydroxyl groups is 4. The predicted octanol–water partition coefficient (Wildman–Crippen LogP) is 14.2. The van der Waals surface area contributed by atoms with Gasteiger partial charge in [-0.25, -0.2) is 0 Å². The molecule has 0 aliphatic carbocycles. The van der Waals surface area contributed by atoms with Crippen molar-refractivity contribution in [2.24, 2.45) is 0 Å². The van der Waals surface area contributed by atoms with Crippen molar-refractivity contribution in [3.63, 3.8) is 0 Å². The fourth-order valence-corrected chi connectivity index (χ4v) is 9.13. The molecule has 1 aliphatic heterocycles. The molecule has 0 radical (unpaired) electrons. The second-order valence-corrected chi connectivity index (χ2v) is 20.1. The number of ether oxygens (including phenoxy) is 4. The zero-order chi connectivity index (χ0) is 48.7. The summed E-state index contributed by atoms with van der Waals surface area (Å²) in [7, 11) is 0. The maximum Gasteiger partial charge on any atom is 0.306 e. The van der Waals surface area contributed by atoms with Gasteiger partial charge in [-0.15, -0.1) is 0 Å². The molecule has 1 saturated heterocycles. The lowest BCUT2D eigenvalue weighted by atomic mass is 9.99. The molecule has 4 N–H and O–H groups in total. The summed E-state index contributed by atoms with van der Waals surface area (Å²) in [5, 5.41) is 40.3. The van der Waals surface area contributed by atoms with Crippen LogP contribution in [0.2, 0.25) is 0 Å². The third kappa shape index (κ3) is 38.8. The Kier molecular flexibility index (Phi) is 45.5. The van der Waals surface area contributed by atoms with Crippen LogP contribution in [0.3, 0.4) is 0 Å². The summed E-state index contributed by atoms with van der Waals surface area (Å²) < 4.78 is 22.3. The summed E-state index contributed by atoms with van der Waals surface area (Å²) in [6, 6.07) is 0. The van der Waals surface area contributed by atoms with E-state index in [4.69, 9.17) is 18.9 Å². The van der Waals surface area contributed by atoms with Gasteiger partial charge in [-0.2, -0.15) is 0 Å². The van der Waals surface area contributed by atoms with Gasteiger partial charge < -0.3 is 39.4 Å². The SMILES string of the molecule is CCCCCCCC/C=C/CCCCCCCCCCCCCC(=O)O[C@@H](COC(=O)CCCCCCCCCCCCCCCCCCCCCCC)CO[C@H]1O[C@@H](CO)[C@@H](O)C(O)C1O. The Morgan fingerprint density at radius 2 is 0.791 bits per heavy atom. The fourth-order valence-electron chi connectivity index (χ4n) is 9.13. The fraction of sp³-hybridized carbons (Fsp3) is 0.930. The molecule has 1 heterocycles. The highest BCUT2D eigenvalue weighted by atomic mass is 16.7. The number of rotatable bonds is 50. The molecule has 396 valence electrons. The average molecular weight is 953 g/mol. The molecule has 10 heteroatoms. The van der Waals surface area contributed by atoms with Gasteiger partial charge in [0.1, 0.15) is 31.0 Å². The van der Waals surface area contributed by atoms with E-state index < -0.39 is 49.4 Å². The third-order valence-corrected chi connectivity index (χ3v) is 13.7. The number of allylic oxidation sites excluding steroid dienone is 2. The van der Waals surface area contributed by atoms with E-state index in [0.717, 1.165) is 38.5 Å². The second-order valence-electron chi connectivity index (χ2n) is 20.1. The zero-order valence-corrected chi connectivity index (χ0v) is 43.7. The van der Waals surface area contributed by atoms with Crippen molar-refractivity contribution in [1.29, 1.82) is 0 Å². The third-order valence-electron chi connectivity index (χ3n) is 13.7. The molecule has 2 unspecified atom stereocenters. The molecule has 67 heavy (non-hydrogen) atoms. The Bertz CT molecular complexity index is 1100. The van der Waals surface area contributed by atoms with Crippen molar-refractivity contribution in [3.8, 4) is 0 Å². The molecule has 1 fully saturated rings. The summed E-state index contributed by atoms with van der Waals surface area (Å²) in [6.07, 6.45) is 48.0. The summed E-state index contributed by atoms with van der Waals surface area (Å²) in [5.74, 6) is -0.787. The maximum absolute atomic E-state index is 12.9. The highest BCUT2D eigenvalue weighted by Gasteiger charge is 2.44. The molecular formula is C57H108O10. The molecule has 1 aliphatic rings. The van der Waals surface area contributed by atoms with Crippen molar-refractivity contribution < 1.29 is 49.0 Å². The van der Waals surface area contributed by atoms with Gasteiger partial charge in [0.2, 0.25) is 0 Å². The Balaban J connectivity index is 2.19. The Morgan fingerprint density at radius 3 is 1.16 bits per heavy atom. The van der Waals surface area contributed by atoms with E-state index in [1.165, 1.54) is 212 Å². The number of unbranched alkanes of at least 4 members (excludes halogenated alkanes) is 37. The Morgan fingerprint density at radius 1 is 0.448 bits per heavy atom. The van der Waals surface area contributed by atoms with Gasteiger partial charge in [-0.1, -0.05) is 244 Å². The first-order valence-corrected chi connectivity index (χ1v) is 28.8. The first-order valence-electron chi connectivity index (χ1n) is 28.8. The molecule has 0 aromatic carbocycles. The van der Waals surface area contributed by atoms with Crippen LogP contribution in [0.15, 0.2) is 12.2 Å². The van der Waals surface area contributed by atoms with Crippen molar-refractivity contribution in [2.45, 2.75) is 320 Å². The summed E-state index contributed by atoms with van der Waals surface area (Å²) in [4.78, 5) is 25.5. The first kappa shape index (κ1) is 63.5.